The maximum absolute atomic E-state index is 13.6. The van der Waals surface area contributed by atoms with Gasteiger partial charge in [0.2, 0.25) is 5.76 Å². The molecule has 0 radical (unpaired) electrons. The van der Waals surface area contributed by atoms with Crippen LogP contribution in [0.3, 0.4) is 0 Å². The molecule has 3 heterocycles. The van der Waals surface area contributed by atoms with Gasteiger partial charge >= 0.3 is 0 Å². The number of morpholine rings is 1. The summed E-state index contributed by atoms with van der Waals surface area (Å²) in [6.45, 7) is 4.72. The third-order valence-electron chi connectivity index (χ3n) is 6.07. The van der Waals surface area contributed by atoms with E-state index in [4.69, 9.17) is 9.15 Å². The summed E-state index contributed by atoms with van der Waals surface area (Å²) in [6.07, 6.45) is 0.809. The number of fused-ring (bicyclic) bond motifs is 2. The van der Waals surface area contributed by atoms with Gasteiger partial charge in [0.15, 0.2) is 5.43 Å². The highest BCUT2D eigenvalue weighted by Crippen LogP contribution is 2.39. The third-order valence-corrected chi connectivity index (χ3v) is 7.06. The summed E-state index contributed by atoms with van der Waals surface area (Å²) in [5.41, 5.74) is 1.58. The number of benzene rings is 2. The average Bonchev–Trinajstić information content (AvgIpc) is 3.07. The summed E-state index contributed by atoms with van der Waals surface area (Å²) in [7, 11) is 0. The molecule has 6 nitrogen and oxygen atoms in total. The van der Waals surface area contributed by atoms with Gasteiger partial charge in [-0.2, -0.15) is 0 Å². The Morgan fingerprint density at radius 2 is 1.75 bits per heavy atom. The summed E-state index contributed by atoms with van der Waals surface area (Å²) in [4.78, 5) is 31.1. The van der Waals surface area contributed by atoms with Crippen LogP contribution in [-0.4, -0.2) is 55.1 Å². The van der Waals surface area contributed by atoms with Crippen molar-refractivity contribution in [3.63, 3.8) is 0 Å². The molecule has 166 valence electrons. The van der Waals surface area contributed by atoms with Gasteiger partial charge in [-0.05, 0) is 42.3 Å². The molecule has 0 N–H and O–H groups in total. The molecule has 3 aromatic rings. The molecule has 5 rings (SSSR count). The van der Waals surface area contributed by atoms with Crippen LogP contribution in [0, 0.1) is 0 Å². The number of nitrogens with zero attached hydrogens (tertiary/aromatic N) is 2. The first-order valence-corrected chi connectivity index (χ1v) is 12.2. The second-order valence-corrected chi connectivity index (χ2v) is 9.91. The Morgan fingerprint density at radius 3 is 2.53 bits per heavy atom. The Morgan fingerprint density at radius 1 is 0.969 bits per heavy atom. The minimum atomic E-state index is -0.473. The second kappa shape index (κ2) is 9.09. The van der Waals surface area contributed by atoms with Gasteiger partial charge in [0.05, 0.1) is 30.2 Å². The number of carbonyl (C=O) groups is 1. The van der Waals surface area contributed by atoms with Gasteiger partial charge < -0.3 is 14.1 Å². The molecule has 8 heteroatoms. The first-order valence-electron chi connectivity index (χ1n) is 10.7. The number of rotatable bonds is 5. The molecule has 32 heavy (non-hydrogen) atoms. The average molecular weight is 562 g/mol. The summed E-state index contributed by atoms with van der Waals surface area (Å²) in [5.74, 6) is -0.0740. The molecule has 2 aliphatic rings. The van der Waals surface area contributed by atoms with Crippen LogP contribution in [0.5, 0.6) is 0 Å². The zero-order valence-corrected chi connectivity index (χ0v) is 20.5. The molecule has 0 saturated carbocycles. The summed E-state index contributed by atoms with van der Waals surface area (Å²) >= 11 is 6.96. The van der Waals surface area contributed by atoms with Gasteiger partial charge in [0.25, 0.3) is 5.91 Å². The molecule has 2 aliphatic heterocycles. The third kappa shape index (κ3) is 4.05. The van der Waals surface area contributed by atoms with Crippen LogP contribution in [-0.2, 0) is 4.74 Å². The fourth-order valence-corrected chi connectivity index (χ4v) is 5.31. The van der Waals surface area contributed by atoms with Gasteiger partial charge in [-0.25, -0.2) is 0 Å². The second-order valence-electron chi connectivity index (χ2n) is 8.08. The van der Waals surface area contributed by atoms with Crippen molar-refractivity contribution in [2.75, 3.05) is 39.4 Å². The lowest BCUT2D eigenvalue weighted by atomic mass is 9.98. The largest absolute Gasteiger partial charge is 0.450 e. The number of amides is 1. The lowest BCUT2D eigenvalue weighted by Crippen LogP contribution is -2.38. The highest BCUT2D eigenvalue weighted by atomic mass is 79.9. The van der Waals surface area contributed by atoms with Gasteiger partial charge in [0.1, 0.15) is 5.58 Å². The van der Waals surface area contributed by atoms with Gasteiger partial charge in [-0.1, -0.05) is 44.0 Å². The van der Waals surface area contributed by atoms with E-state index in [2.05, 4.69) is 36.8 Å². The van der Waals surface area contributed by atoms with Crippen molar-refractivity contribution >= 4 is 48.7 Å². The van der Waals surface area contributed by atoms with E-state index in [1.54, 1.807) is 17.0 Å². The fourth-order valence-electron chi connectivity index (χ4n) is 4.54. The first-order chi connectivity index (χ1) is 15.5. The van der Waals surface area contributed by atoms with Crippen LogP contribution in [0.15, 0.2) is 60.6 Å². The van der Waals surface area contributed by atoms with Crippen molar-refractivity contribution in [2.45, 2.75) is 12.5 Å². The summed E-state index contributed by atoms with van der Waals surface area (Å²) in [5, 5.41) is 0.473. The molecule has 0 spiro atoms. The molecule has 1 amide bonds. The number of ether oxygens (including phenoxy) is 1. The lowest BCUT2D eigenvalue weighted by Gasteiger charge is -2.29. The summed E-state index contributed by atoms with van der Waals surface area (Å²) < 4.78 is 13.1. The Bertz CT molecular complexity index is 1240. The number of halogens is 2. The fraction of sp³-hybridized carbons (Fsp3) is 0.333. The highest BCUT2D eigenvalue weighted by Gasteiger charge is 2.42. The number of hydrogen-bond donors (Lipinski definition) is 0. The minimum Gasteiger partial charge on any atom is -0.450 e. The topological polar surface area (TPSA) is 63.0 Å². The predicted molar refractivity (Wildman–Crippen MR) is 129 cm³/mol. The van der Waals surface area contributed by atoms with E-state index >= 15 is 0 Å². The standard InChI is InChI=1S/C24H22Br2N2O4/c25-16-4-1-3-15(13-16)21-20-22(29)18-14-17(26)5-6-19(18)32-23(20)24(30)28(21)8-2-7-27-9-11-31-12-10-27/h1,3-6,13-14,21H,2,7-12H2. The van der Waals surface area contributed by atoms with E-state index in [0.717, 1.165) is 53.8 Å². The molecule has 1 unspecified atom stereocenters. The highest BCUT2D eigenvalue weighted by molar-refractivity contribution is 9.10. The van der Waals surface area contributed by atoms with Crippen LogP contribution >= 0.6 is 31.9 Å². The maximum atomic E-state index is 13.6. The smallest absolute Gasteiger partial charge is 0.290 e. The Kier molecular flexibility index (Phi) is 6.20. The van der Waals surface area contributed by atoms with Crippen LogP contribution in [0.25, 0.3) is 11.0 Å². The number of carbonyl (C=O) groups excluding carboxylic acids is 1. The number of hydrogen-bond acceptors (Lipinski definition) is 5. The molecule has 0 aliphatic carbocycles. The van der Waals surface area contributed by atoms with Gasteiger partial charge in [-0.3, -0.25) is 14.5 Å². The maximum Gasteiger partial charge on any atom is 0.290 e. The van der Waals surface area contributed by atoms with E-state index in [1.807, 2.05) is 30.3 Å². The SMILES string of the molecule is O=C1c2oc3ccc(Br)cc3c(=O)c2C(c2cccc(Br)c2)N1CCCN1CCOCC1. The molecule has 0 bridgehead atoms. The Labute approximate surface area is 202 Å². The molecule has 1 saturated heterocycles. The van der Waals surface area contributed by atoms with Crippen molar-refractivity contribution in [3.8, 4) is 0 Å². The Balaban J connectivity index is 1.54. The van der Waals surface area contributed by atoms with E-state index in [-0.39, 0.29) is 17.1 Å². The summed E-state index contributed by atoms with van der Waals surface area (Å²) in [6, 6.07) is 12.6. The van der Waals surface area contributed by atoms with Crippen LogP contribution in [0.1, 0.15) is 34.1 Å². The monoisotopic (exact) mass is 560 g/mol. The molecule has 2 aromatic carbocycles. The van der Waals surface area contributed by atoms with Crippen molar-refractivity contribution in [1.82, 2.24) is 9.80 Å². The Hall–Kier alpha value is -2.00. The van der Waals surface area contributed by atoms with Crippen molar-refractivity contribution in [3.05, 3.63) is 78.5 Å². The zero-order chi connectivity index (χ0) is 22.2. The molecule has 1 fully saturated rings. The van der Waals surface area contributed by atoms with Crippen LogP contribution in [0.4, 0.5) is 0 Å². The molecule has 1 atom stereocenters. The lowest BCUT2D eigenvalue weighted by molar-refractivity contribution is 0.0353. The normalized spacial score (nSPS) is 19.0. The molecule has 1 aromatic heterocycles. The van der Waals surface area contributed by atoms with E-state index in [9.17, 15) is 9.59 Å². The first kappa shape index (κ1) is 21.8. The van der Waals surface area contributed by atoms with E-state index in [0.29, 0.717) is 23.1 Å². The van der Waals surface area contributed by atoms with E-state index < -0.39 is 6.04 Å². The van der Waals surface area contributed by atoms with Gasteiger partial charge in [0, 0.05) is 35.1 Å². The van der Waals surface area contributed by atoms with Crippen molar-refractivity contribution in [2.24, 2.45) is 0 Å². The molecular formula is C24H22Br2N2O4. The van der Waals surface area contributed by atoms with Crippen LogP contribution < -0.4 is 5.43 Å². The van der Waals surface area contributed by atoms with Crippen molar-refractivity contribution in [1.29, 1.82) is 0 Å². The quantitative estimate of drug-likeness (QED) is 0.456. The minimum absolute atomic E-state index is 0.154. The van der Waals surface area contributed by atoms with E-state index in [1.165, 1.54) is 0 Å². The van der Waals surface area contributed by atoms with Crippen LogP contribution in [0.2, 0.25) is 0 Å². The van der Waals surface area contributed by atoms with Crippen molar-refractivity contribution < 1.29 is 13.9 Å². The van der Waals surface area contributed by atoms with Gasteiger partial charge in [-0.15, -0.1) is 0 Å². The zero-order valence-electron chi connectivity index (χ0n) is 17.4. The predicted octanol–water partition coefficient (Wildman–Crippen LogP) is 4.59. The molecular weight excluding hydrogens is 540 g/mol.